The minimum Gasteiger partial charge on any atom is -0.481 e. The van der Waals surface area contributed by atoms with Crippen LogP contribution in [0.25, 0.3) is 0 Å². The molecule has 1 unspecified atom stereocenters. The second kappa shape index (κ2) is 5.31. The van der Waals surface area contributed by atoms with Gasteiger partial charge in [0.25, 0.3) is 0 Å². The maximum atomic E-state index is 10.7. The van der Waals surface area contributed by atoms with Gasteiger partial charge < -0.3 is 14.6 Å². The van der Waals surface area contributed by atoms with E-state index >= 15 is 0 Å². The van der Waals surface area contributed by atoms with Crippen LogP contribution >= 0.6 is 0 Å². The monoisotopic (exact) mass is 211 g/mol. The Morgan fingerprint density at radius 3 is 2.80 bits per heavy atom. The van der Waals surface area contributed by atoms with E-state index in [0.717, 1.165) is 0 Å². The van der Waals surface area contributed by atoms with Gasteiger partial charge in [-0.1, -0.05) is 6.07 Å². The quantitative estimate of drug-likeness (QED) is 0.777. The lowest BCUT2D eigenvalue weighted by Gasteiger charge is -2.09. The summed E-state index contributed by atoms with van der Waals surface area (Å²) in [6, 6.07) is 5.19. The summed E-state index contributed by atoms with van der Waals surface area (Å²) >= 11 is 0. The van der Waals surface area contributed by atoms with E-state index in [4.69, 9.17) is 14.6 Å². The van der Waals surface area contributed by atoms with E-state index in [0.29, 0.717) is 11.6 Å². The van der Waals surface area contributed by atoms with Crippen LogP contribution in [0.2, 0.25) is 0 Å². The number of carboxylic acids is 1. The molecular formula is C10H13NO4. The van der Waals surface area contributed by atoms with Crippen LogP contribution < -0.4 is 4.74 Å². The van der Waals surface area contributed by atoms with Crippen LogP contribution in [0.5, 0.6) is 5.88 Å². The van der Waals surface area contributed by atoms with Crippen LogP contribution in [-0.4, -0.2) is 36.4 Å². The number of carboxylic acid groups (broad SMARTS) is 1. The maximum Gasteiger partial charge on any atom is 0.333 e. The lowest BCUT2D eigenvalue weighted by atomic mass is 10.2. The predicted octanol–water partition coefficient (Wildman–Crippen LogP) is 0.732. The summed E-state index contributed by atoms with van der Waals surface area (Å²) in [7, 11) is 2.87. The molecule has 1 aromatic heterocycles. The molecule has 0 saturated carbocycles. The summed E-state index contributed by atoms with van der Waals surface area (Å²) in [6.07, 6.45) is -0.646. The van der Waals surface area contributed by atoms with Gasteiger partial charge in [0.1, 0.15) is 0 Å². The van der Waals surface area contributed by atoms with E-state index in [-0.39, 0.29) is 6.42 Å². The SMILES string of the molecule is COc1cccc(CC(OC)C(=O)O)n1. The van der Waals surface area contributed by atoms with Gasteiger partial charge in [0.15, 0.2) is 6.10 Å². The van der Waals surface area contributed by atoms with Gasteiger partial charge in [0.05, 0.1) is 7.11 Å². The van der Waals surface area contributed by atoms with Crippen molar-refractivity contribution in [2.45, 2.75) is 12.5 Å². The molecule has 5 heteroatoms. The van der Waals surface area contributed by atoms with Crippen molar-refractivity contribution in [3.8, 4) is 5.88 Å². The second-order valence-electron chi connectivity index (χ2n) is 2.94. The van der Waals surface area contributed by atoms with Crippen molar-refractivity contribution in [3.05, 3.63) is 23.9 Å². The molecule has 0 aromatic carbocycles. The van der Waals surface area contributed by atoms with Gasteiger partial charge in [-0.15, -0.1) is 0 Å². The van der Waals surface area contributed by atoms with Gasteiger partial charge >= 0.3 is 5.97 Å². The van der Waals surface area contributed by atoms with Crippen molar-refractivity contribution in [1.82, 2.24) is 4.98 Å². The van der Waals surface area contributed by atoms with Gasteiger partial charge in [-0.2, -0.15) is 0 Å². The van der Waals surface area contributed by atoms with E-state index in [1.54, 1.807) is 18.2 Å². The fourth-order valence-corrected chi connectivity index (χ4v) is 1.15. The first-order valence-electron chi connectivity index (χ1n) is 4.43. The van der Waals surface area contributed by atoms with E-state index in [1.807, 2.05) is 0 Å². The fraction of sp³-hybridized carbons (Fsp3) is 0.400. The zero-order valence-corrected chi connectivity index (χ0v) is 8.64. The zero-order chi connectivity index (χ0) is 11.3. The van der Waals surface area contributed by atoms with Crippen molar-refractivity contribution in [2.75, 3.05) is 14.2 Å². The molecule has 1 aromatic rings. The first kappa shape index (κ1) is 11.5. The molecule has 0 radical (unpaired) electrons. The number of rotatable bonds is 5. The molecule has 0 fully saturated rings. The third-order valence-electron chi connectivity index (χ3n) is 1.94. The number of hydrogen-bond donors (Lipinski definition) is 1. The van der Waals surface area contributed by atoms with Gasteiger partial charge in [-0.25, -0.2) is 9.78 Å². The molecular weight excluding hydrogens is 198 g/mol. The lowest BCUT2D eigenvalue weighted by molar-refractivity contribution is -0.148. The molecule has 0 saturated heterocycles. The summed E-state index contributed by atoms with van der Waals surface area (Å²) < 4.78 is 9.74. The highest BCUT2D eigenvalue weighted by Gasteiger charge is 2.17. The standard InChI is InChI=1S/C10H13NO4/c1-14-8(10(12)13)6-7-4-3-5-9(11-7)15-2/h3-5,8H,6H2,1-2H3,(H,12,13). The summed E-state index contributed by atoms with van der Waals surface area (Å²) in [5, 5.41) is 8.78. The molecule has 0 aliphatic carbocycles. The Morgan fingerprint density at radius 1 is 1.53 bits per heavy atom. The Kier molecular flexibility index (Phi) is 4.05. The number of aromatic nitrogens is 1. The molecule has 1 atom stereocenters. The van der Waals surface area contributed by atoms with Gasteiger partial charge in [-0.3, -0.25) is 0 Å². The molecule has 5 nitrogen and oxygen atoms in total. The highest BCUT2D eigenvalue weighted by Crippen LogP contribution is 2.09. The smallest absolute Gasteiger partial charge is 0.333 e. The number of carbonyl (C=O) groups is 1. The predicted molar refractivity (Wildman–Crippen MR) is 52.9 cm³/mol. The van der Waals surface area contributed by atoms with E-state index in [1.165, 1.54) is 14.2 Å². The first-order chi connectivity index (χ1) is 7.17. The highest BCUT2D eigenvalue weighted by atomic mass is 16.5. The third kappa shape index (κ3) is 3.21. The van der Waals surface area contributed by atoms with Gasteiger partial charge in [0, 0.05) is 25.3 Å². The number of hydrogen-bond acceptors (Lipinski definition) is 4. The Labute approximate surface area is 87.7 Å². The van der Waals surface area contributed by atoms with Crippen molar-refractivity contribution < 1.29 is 19.4 Å². The van der Waals surface area contributed by atoms with Crippen LogP contribution in [0.1, 0.15) is 5.69 Å². The first-order valence-corrected chi connectivity index (χ1v) is 4.43. The van der Waals surface area contributed by atoms with Crippen molar-refractivity contribution in [1.29, 1.82) is 0 Å². The number of aliphatic carboxylic acids is 1. The van der Waals surface area contributed by atoms with Crippen molar-refractivity contribution >= 4 is 5.97 Å². The molecule has 15 heavy (non-hydrogen) atoms. The lowest BCUT2D eigenvalue weighted by Crippen LogP contribution is -2.25. The minimum absolute atomic E-state index is 0.225. The van der Waals surface area contributed by atoms with Gasteiger partial charge in [-0.05, 0) is 6.07 Å². The largest absolute Gasteiger partial charge is 0.481 e. The highest BCUT2D eigenvalue weighted by molar-refractivity contribution is 5.72. The number of nitrogens with zero attached hydrogens (tertiary/aromatic N) is 1. The fourth-order valence-electron chi connectivity index (χ4n) is 1.15. The van der Waals surface area contributed by atoms with Crippen molar-refractivity contribution in [2.24, 2.45) is 0 Å². The second-order valence-corrected chi connectivity index (χ2v) is 2.94. The summed E-state index contributed by atoms with van der Waals surface area (Å²) in [4.78, 5) is 14.8. The van der Waals surface area contributed by atoms with Crippen molar-refractivity contribution in [3.63, 3.8) is 0 Å². The Balaban J connectivity index is 2.74. The zero-order valence-electron chi connectivity index (χ0n) is 8.64. The molecule has 0 bridgehead atoms. The van der Waals surface area contributed by atoms with Crippen LogP contribution in [-0.2, 0) is 16.0 Å². The van der Waals surface area contributed by atoms with E-state index in [2.05, 4.69) is 4.98 Å². The normalized spacial score (nSPS) is 12.1. The molecule has 0 spiro atoms. The molecule has 0 aliphatic heterocycles. The Bertz CT molecular complexity index is 340. The molecule has 1 heterocycles. The van der Waals surface area contributed by atoms with Crippen LogP contribution in [0, 0.1) is 0 Å². The number of methoxy groups -OCH3 is 2. The average molecular weight is 211 g/mol. The molecule has 1 rings (SSSR count). The summed E-state index contributed by atoms with van der Waals surface area (Å²) in [5.41, 5.74) is 0.628. The molecule has 0 amide bonds. The minimum atomic E-state index is -0.998. The molecule has 1 N–H and O–H groups in total. The van der Waals surface area contributed by atoms with E-state index < -0.39 is 12.1 Å². The Morgan fingerprint density at radius 2 is 2.27 bits per heavy atom. The van der Waals surface area contributed by atoms with Crippen LogP contribution in [0.15, 0.2) is 18.2 Å². The topological polar surface area (TPSA) is 68.7 Å². The number of pyridine rings is 1. The van der Waals surface area contributed by atoms with Crippen LogP contribution in [0.4, 0.5) is 0 Å². The maximum absolute atomic E-state index is 10.7. The van der Waals surface area contributed by atoms with E-state index in [9.17, 15) is 4.79 Å². The number of ether oxygens (including phenoxy) is 2. The average Bonchev–Trinajstić information content (AvgIpc) is 2.25. The summed E-state index contributed by atoms with van der Waals surface area (Å²) in [5.74, 6) is -0.533. The summed E-state index contributed by atoms with van der Waals surface area (Å²) in [6.45, 7) is 0. The molecule has 0 aliphatic rings. The Hall–Kier alpha value is -1.62. The van der Waals surface area contributed by atoms with Crippen LogP contribution in [0.3, 0.4) is 0 Å². The third-order valence-corrected chi connectivity index (χ3v) is 1.94. The molecule has 82 valence electrons. The van der Waals surface area contributed by atoms with Gasteiger partial charge in [0.2, 0.25) is 5.88 Å².